The van der Waals surface area contributed by atoms with E-state index in [-0.39, 0.29) is 22.8 Å². The average molecular weight is 431 g/mol. The second-order valence-corrected chi connectivity index (χ2v) is 10.3. The Labute approximate surface area is 175 Å². The fourth-order valence-corrected chi connectivity index (χ4v) is 4.96. The number of aromatic nitrogens is 2. The maximum atomic E-state index is 12.3. The van der Waals surface area contributed by atoms with Gasteiger partial charge in [0.2, 0.25) is 0 Å². The molecular weight excluding hydrogens is 404 g/mol. The van der Waals surface area contributed by atoms with E-state index in [0.717, 1.165) is 25.7 Å². The molecule has 0 bridgehead atoms. The minimum atomic E-state index is -3.21. The summed E-state index contributed by atoms with van der Waals surface area (Å²) in [6.45, 7) is 1.64. The van der Waals surface area contributed by atoms with E-state index in [1.807, 2.05) is 6.07 Å². The molecule has 1 aliphatic carbocycles. The van der Waals surface area contributed by atoms with Crippen LogP contribution in [0.2, 0.25) is 0 Å². The topological polar surface area (TPSA) is 91.4 Å². The minimum Gasteiger partial charge on any atom is -0.491 e. The number of methoxy groups -OCH3 is 1. The highest BCUT2D eigenvalue weighted by Crippen LogP contribution is 2.38. The van der Waals surface area contributed by atoms with Gasteiger partial charge in [-0.3, -0.25) is 4.79 Å². The fraction of sp³-hybridized carbons (Fsp3) is 0.455. The first-order valence-corrected chi connectivity index (χ1v) is 12.0. The van der Waals surface area contributed by atoms with Crippen molar-refractivity contribution in [3.63, 3.8) is 0 Å². The largest absolute Gasteiger partial charge is 0.491 e. The van der Waals surface area contributed by atoms with Crippen molar-refractivity contribution in [3.8, 4) is 16.9 Å². The van der Waals surface area contributed by atoms with Crippen LogP contribution < -0.4 is 10.3 Å². The summed E-state index contributed by atoms with van der Waals surface area (Å²) in [7, 11) is -0.110. The number of rotatable bonds is 6. The summed E-state index contributed by atoms with van der Waals surface area (Å²) >= 11 is 0. The molecule has 1 saturated carbocycles. The Balaban J connectivity index is 1.93. The lowest BCUT2D eigenvalue weighted by molar-refractivity contribution is 0.405. The minimum absolute atomic E-state index is 0.0685. The fourth-order valence-electron chi connectivity index (χ4n) is 4.08. The molecule has 1 aromatic carbocycles. The summed E-state index contributed by atoms with van der Waals surface area (Å²) < 4.78 is 37.4. The van der Waals surface area contributed by atoms with E-state index in [1.165, 1.54) is 11.7 Å². The molecule has 0 saturated heterocycles. The molecule has 2 heterocycles. The molecule has 0 radical (unpaired) electrons. The van der Waals surface area contributed by atoms with Crippen LogP contribution in [0.5, 0.6) is 5.75 Å². The van der Waals surface area contributed by atoms with Gasteiger partial charge in [-0.25, -0.2) is 13.4 Å². The summed E-state index contributed by atoms with van der Waals surface area (Å²) in [5.74, 6) is 1.21. The van der Waals surface area contributed by atoms with Crippen LogP contribution >= 0.6 is 0 Å². The Hall–Kier alpha value is -2.61. The number of ether oxygens (including phenoxy) is 1. The van der Waals surface area contributed by atoms with Gasteiger partial charge in [0, 0.05) is 36.0 Å². The lowest BCUT2D eigenvalue weighted by Gasteiger charge is -2.10. The maximum absolute atomic E-state index is 12.3. The predicted molar refractivity (Wildman–Crippen MR) is 116 cm³/mol. The van der Waals surface area contributed by atoms with Gasteiger partial charge in [0.05, 0.1) is 12.9 Å². The molecule has 1 aliphatic rings. The van der Waals surface area contributed by atoms with Gasteiger partial charge in [0.1, 0.15) is 5.52 Å². The van der Waals surface area contributed by atoms with E-state index in [1.54, 1.807) is 32.3 Å². The van der Waals surface area contributed by atoms with Crippen LogP contribution in [-0.2, 0) is 22.6 Å². The van der Waals surface area contributed by atoms with E-state index in [9.17, 15) is 13.2 Å². The molecule has 0 N–H and O–H groups in total. The molecule has 3 aromatic rings. The van der Waals surface area contributed by atoms with Crippen LogP contribution in [0.25, 0.3) is 22.2 Å². The molecule has 30 heavy (non-hydrogen) atoms. The normalized spacial score (nSPS) is 15.2. The van der Waals surface area contributed by atoms with Gasteiger partial charge in [-0.15, -0.1) is 0 Å². The van der Waals surface area contributed by atoms with Gasteiger partial charge in [-0.1, -0.05) is 19.8 Å². The van der Waals surface area contributed by atoms with Crippen LogP contribution in [0, 0.1) is 0 Å². The number of hydrogen-bond acceptors (Lipinski definition) is 6. The Morgan fingerprint density at radius 2 is 1.97 bits per heavy atom. The molecule has 2 aromatic heterocycles. The number of pyridine rings is 1. The zero-order valence-corrected chi connectivity index (χ0v) is 18.3. The molecule has 0 unspecified atom stereocenters. The third-order valence-corrected chi connectivity index (χ3v) is 7.43. The second kappa shape index (κ2) is 7.91. The Morgan fingerprint density at radius 3 is 2.63 bits per heavy atom. The standard InChI is InChI=1S/C22H26N2O5S/c1-4-30(26,27)13-14-9-17(16-11-19(28-3)22(25)24(2)12-16)20-18(10-14)23-21(29-20)15-7-5-6-8-15/h9-12,15H,4-8,13H2,1-3H3. The van der Waals surface area contributed by atoms with Crippen molar-refractivity contribution in [2.45, 2.75) is 44.3 Å². The summed E-state index contributed by atoms with van der Waals surface area (Å²) in [6.07, 6.45) is 6.12. The lowest BCUT2D eigenvalue weighted by Crippen LogP contribution is -2.17. The number of fused-ring (bicyclic) bond motifs is 1. The third-order valence-electron chi connectivity index (χ3n) is 5.78. The van der Waals surface area contributed by atoms with E-state index in [2.05, 4.69) is 0 Å². The molecule has 0 aliphatic heterocycles. The lowest BCUT2D eigenvalue weighted by atomic mass is 10.0. The smallest absolute Gasteiger partial charge is 0.292 e. The Bertz CT molecular complexity index is 1250. The summed E-state index contributed by atoms with van der Waals surface area (Å²) in [6, 6.07) is 5.28. The highest BCUT2D eigenvalue weighted by atomic mass is 32.2. The molecule has 1 fully saturated rings. The van der Waals surface area contributed by atoms with Gasteiger partial charge in [0.15, 0.2) is 27.1 Å². The first-order valence-electron chi connectivity index (χ1n) is 10.2. The van der Waals surface area contributed by atoms with Gasteiger partial charge < -0.3 is 13.7 Å². The van der Waals surface area contributed by atoms with Crippen LogP contribution in [0.3, 0.4) is 0 Å². The molecule has 0 amide bonds. The molecule has 0 atom stereocenters. The van der Waals surface area contributed by atoms with Gasteiger partial charge in [-0.2, -0.15) is 0 Å². The number of sulfone groups is 1. The number of oxazole rings is 1. The number of aryl methyl sites for hydroxylation is 1. The van der Waals surface area contributed by atoms with Gasteiger partial charge in [0.25, 0.3) is 5.56 Å². The molecule has 160 valence electrons. The summed E-state index contributed by atoms with van der Waals surface area (Å²) in [5.41, 5.74) is 3.08. The van der Waals surface area contributed by atoms with E-state index in [0.29, 0.717) is 39.6 Å². The highest BCUT2D eigenvalue weighted by Gasteiger charge is 2.24. The molecule has 4 rings (SSSR count). The van der Waals surface area contributed by atoms with Crippen LogP contribution in [-0.4, -0.2) is 30.8 Å². The van der Waals surface area contributed by atoms with Gasteiger partial charge >= 0.3 is 0 Å². The van der Waals surface area contributed by atoms with Crippen LogP contribution in [0.15, 0.2) is 33.6 Å². The maximum Gasteiger partial charge on any atom is 0.292 e. The molecule has 7 nitrogen and oxygen atoms in total. The number of nitrogens with zero attached hydrogens (tertiary/aromatic N) is 2. The third kappa shape index (κ3) is 3.88. The Kier molecular flexibility index (Phi) is 5.44. The number of benzene rings is 1. The van der Waals surface area contributed by atoms with E-state index < -0.39 is 9.84 Å². The van der Waals surface area contributed by atoms with Gasteiger partial charge in [-0.05, 0) is 36.6 Å². The quantitative estimate of drug-likeness (QED) is 0.591. The van der Waals surface area contributed by atoms with E-state index >= 15 is 0 Å². The van der Waals surface area contributed by atoms with Crippen molar-refractivity contribution >= 4 is 20.9 Å². The van der Waals surface area contributed by atoms with Crippen molar-refractivity contribution in [2.75, 3.05) is 12.9 Å². The Morgan fingerprint density at radius 1 is 1.23 bits per heavy atom. The van der Waals surface area contributed by atoms with Crippen molar-refractivity contribution in [3.05, 3.63) is 46.2 Å². The predicted octanol–water partition coefficient (Wildman–Crippen LogP) is 3.79. The second-order valence-electron chi connectivity index (χ2n) is 7.91. The van der Waals surface area contributed by atoms with E-state index in [4.69, 9.17) is 14.1 Å². The summed E-state index contributed by atoms with van der Waals surface area (Å²) in [4.78, 5) is 17.0. The first kappa shape index (κ1) is 20.7. The van der Waals surface area contributed by atoms with Crippen molar-refractivity contribution in [1.82, 2.24) is 9.55 Å². The van der Waals surface area contributed by atoms with Crippen LogP contribution in [0.4, 0.5) is 0 Å². The molecule has 8 heteroatoms. The monoisotopic (exact) mass is 430 g/mol. The number of hydrogen-bond donors (Lipinski definition) is 0. The SMILES string of the molecule is CCS(=O)(=O)Cc1cc(-c2cc(OC)c(=O)n(C)c2)c2oc(C3CCCC3)nc2c1. The average Bonchev–Trinajstić information content (AvgIpc) is 3.38. The zero-order valence-electron chi connectivity index (χ0n) is 17.5. The van der Waals surface area contributed by atoms with Crippen LogP contribution in [0.1, 0.15) is 50.0 Å². The van der Waals surface area contributed by atoms with Crippen molar-refractivity contribution in [1.29, 1.82) is 0 Å². The molecule has 0 spiro atoms. The zero-order chi connectivity index (χ0) is 21.5. The first-order chi connectivity index (χ1) is 14.3. The highest BCUT2D eigenvalue weighted by molar-refractivity contribution is 7.90. The molecular formula is C22H26N2O5S. The van der Waals surface area contributed by atoms with Crippen molar-refractivity contribution < 1.29 is 17.6 Å². The summed E-state index contributed by atoms with van der Waals surface area (Å²) in [5, 5.41) is 0. The van der Waals surface area contributed by atoms with Crippen molar-refractivity contribution in [2.24, 2.45) is 7.05 Å².